The molecule has 0 saturated carbocycles. The van der Waals surface area contributed by atoms with Crippen molar-refractivity contribution in [2.75, 3.05) is 0 Å². The molecule has 0 unspecified atom stereocenters. The summed E-state index contributed by atoms with van der Waals surface area (Å²) in [5, 5.41) is 3.85. The van der Waals surface area contributed by atoms with Gasteiger partial charge in [0.15, 0.2) is 0 Å². The molecule has 0 aliphatic heterocycles. The number of imidazole rings is 1. The lowest BCUT2D eigenvalue weighted by Crippen LogP contribution is -2.25. The smallest absolute Gasteiger partial charge is 0.251 e. The van der Waals surface area contributed by atoms with Gasteiger partial charge in [-0.05, 0) is 45.0 Å². The van der Waals surface area contributed by atoms with Crippen molar-refractivity contribution in [1.82, 2.24) is 14.9 Å². The number of aryl methyl sites for hydroxylation is 1. The minimum absolute atomic E-state index is 0.112. The van der Waals surface area contributed by atoms with E-state index >= 15 is 0 Å². The number of carbonyl (C=O) groups excluding carboxylic acids is 1. The van der Waals surface area contributed by atoms with Crippen LogP contribution in [0.2, 0.25) is 0 Å². The number of aromatic nitrogens is 2. The van der Waals surface area contributed by atoms with Crippen molar-refractivity contribution in [2.45, 2.75) is 33.4 Å². The predicted octanol–water partition coefficient (Wildman–Crippen LogP) is 3.45. The van der Waals surface area contributed by atoms with Gasteiger partial charge in [-0.1, -0.05) is 0 Å². The maximum Gasteiger partial charge on any atom is 0.251 e. The van der Waals surface area contributed by atoms with Crippen LogP contribution in [0.4, 0.5) is 0 Å². The Morgan fingerprint density at radius 1 is 1.36 bits per heavy atom. The zero-order valence-electron chi connectivity index (χ0n) is 13.0. The van der Waals surface area contributed by atoms with Gasteiger partial charge in [-0.25, -0.2) is 4.98 Å². The second-order valence-electron chi connectivity index (χ2n) is 5.64. The van der Waals surface area contributed by atoms with Crippen LogP contribution in [0.15, 0.2) is 41.1 Å². The van der Waals surface area contributed by atoms with Gasteiger partial charge in [-0.3, -0.25) is 4.79 Å². The first kappa shape index (κ1) is 14.4. The number of hydrogen-bond donors (Lipinski definition) is 1. The summed E-state index contributed by atoms with van der Waals surface area (Å²) in [5.41, 5.74) is 1.42. The normalized spacial score (nSPS) is 11.3. The third-order valence-electron chi connectivity index (χ3n) is 3.61. The Morgan fingerprint density at radius 2 is 2.18 bits per heavy atom. The maximum absolute atomic E-state index is 12.3. The van der Waals surface area contributed by atoms with Crippen molar-refractivity contribution < 1.29 is 9.21 Å². The summed E-state index contributed by atoms with van der Waals surface area (Å²) in [4.78, 5) is 16.6. The summed E-state index contributed by atoms with van der Waals surface area (Å²) in [5.74, 6) is 1.58. The highest BCUT2D eigenvalue weighted by atomic mass is 16.3. The van der Waals surface area contributed by atoms with Crippen molar-refractivity contribution in [1.29, 1.82) is 0 Å². The molecule has 114 valence electrons. The SMILES string of the molecule is Cc1cc2cc(C(=O)NCc3nccn3C(C)C)ccc2o1. The maximum atomic E-state index is 12.3. The summed E-state index contributed by atoms with van der Waals surface area (Å²) in [6.07, 6.45) is 3.67. The Hall–Kier alpha value is -2.56. The van der Waals surface area contributed by atoms with E-state index in [1.54, 1.807) is 12.3 Å². The zero-order chi connectivity index (χ0) is 15.7. The fourth-order valence-electron chi connectivity index (χ4n) is 2.53. The number of nitrogens with zero attached hydrogens (tertiary/aromatic N) is 2. The van der Waals surface area contributed by atoms with E-state index in [1.807, 2.05) is 35.9 Å². The van der Waals surface area contributed by atoms with E-state index < -0.39 is 0 Å². The lowest BCUT2D eigenvalue weighted by Gasteiger charge is -2.12. The number of benzene rings is 1. The molecule has 0 atom stereocenters. The molecule has 0 fully saturated rings. The van der Waals surface area contributed by atoms with E-state index in [4.69, 9.17) is 4.42 Å². The average Bonchev–Trinajstić information content (AvgIpc) is 3.08. The molecule has 5 nitrogen and oxygen atoms in total. The number of rotatable bonds is 4. The van der Waals surface area contributed by atoms with Crippen molar-refractivity contribution in [2.24, 2.45) is 0 Å². The number of nitrogens with one attached hydrogen (secondary N) is 1. The molecule has 1 aromatic carbocycles. The lowest BCUT2D eigenvalue weighted by molar-refractivity contribution is 0.0949. The first-order chi connectivity index (χ1) is 10.5. The molecule has 3 rings (SSSR count). The third-order valence-corrected chi connectivity index (χ3v) is 3.61. The second-order valence-corrected chi connectivity index (χ2v) is 5.64. The first-order valence-corrected chi connectivity index (χ1v) is 7.34. The van der Waals surface area contributed by atoms with Crippen LogP contribution in [0.1, 0.15) is 41.8 Å². The Kier molecular flexibility index (Phi) is 3.71. The highest BCUT2D eigenvalue weighted by molar-refractivity contribution is 5.97. The van der Waals surface area contributed by atoms with Crippen molar-refractivity contribution >= 4 is 16.9 Å². The van der Waals surface area contributed by atoms with E-state index in [9.17, 15) is 4.79 Å². The minimum atomic E-state index is -0.112. The van der Waals surface area contributed by atoms with Gasteiger partial charge in [0.05, 0.1) is 6.54 Å². The average molecular weight is 297 g/mol. The molecular formula is C17H19N3O2. The molecule has 22 heavy (non-hydrogen) atoms. The Morgan fingerprint density at radius 3 is 2.95 bits per heavy atom. The van der Waals surface area contributed by atoms with Crippen LogP contribution in [0.5, 0.6) is 0 Å². The van der Waals surface area contributed by atoms with Crippen molar-refractivity contribution in [3.8, 4) is 0 Å². The monoisotopic (exact) mass is 297 g/mol. The summed E-state index contributed by atoms with van der Waals surface area (Å²) >= 11 is 0. The van der Waals surface area contributed by atoms with Crippen LogP contribution in [0.3, 0.4) is 0 Å². The fraction of sp³-hybridized carbons (Fsp3) is 0.294. The Balaban J connectivity index is 1.74. The molecule has 2 aromatic heterocycles. The van der Waals surface area contributed by atoms with Gasteiger partial charge in [-0.2, -0.15) is 0 Å². The molecule has 2 heterocycles. The topological polar surface area (TPSA) is 60.1 Å². The van der Waals surface area contributed by atoms with Gasteiger partial charge in [0.1, 0.15) is 17.2 Å². The second kappa shape index (κ2) is 5.67. The van der Waals surface area contributed by atoms with E-state index in [1.165, 1.54) is 0 Å². The molecule has 0 aliphatic rings. The van der Waals surface area contributed by atoms with Gasteiger partial charge >= 0.3 is 0 Å². The van der Waals surface area contributed by atoms with Crippen LogP contribution in [-0.4, -0.2) is 15.5 Å². The number of fused-ring (bicyclic) bond motifs is 1. The van der Waals surface area contributed by atoms with E-state index in [0.717, 1.165) is 22.6 Å². The summed E-state index contributed by atoms with van der Waals surface area (Å²) < 4.78 is 7.56. The molecule has 0 bridgehead atoms. The Bertz CT molecular complexity index is 814. The highest BCUT2D eigenvalue weighted by Gasteiger charge is 2.11. The van der Waals surface area contributed by atoms with Gasteiger partial charge in [-0.15, -0.1) is 0 Å². The highest BCUT2D eigenvalue weighted by Crippen LogP contribution is 2.20. The van der Waals surface area contributed by atoms with Crippen molar-refractivity contribution in [3.63, 3.8) is 0 Å². The summed E-state index contributed by atoms with van der Waals surface area (Å²) in [7, 11) is 0. The number of carbonyl (C=O) groups is 1. The van der Waals surface area contributed by atoms with Crippen molar-refractivity contribution in [3.05, 3.63) is 53.8 Å². The fourth-order valence-corrected chi connectivity index (χ4v) is 2.53. The predicted molar refractivity (Wildman–Crippen MR) is 84.7 cm³/mol. The van der Waals surface area contributed by atoms with Gasteiger partial charge in [0.25, 0.3) is 5.91 Å². The first-order valence-electron chi connectivity index (χ1n) is 7.34. The van der Waals surface area contributed by atoms with Gasteiger partial charge < -0.3 is 14.3 Å². The van der Waals surface area contributed by atoms with Crippen LogP contribution in [-0.2, 0) is 6.54 Å². The zero-order valence-corrected chi connectivity index (χ0v) is 13.0. The molecule has 3 aromatic rings. The quantitative estimate of drug-likeness (QED) is 0.802. The van der Waals surface area contributed by atoms with Gasteiger partial charge in [0.2, 0.25) is 0 Å². The third kappa shape index (κ3) is 2.74. The molecular weight excluding hydrogens is 278 g/mol. The molecule has 0 saturated heterocycles. The van der Waals surface area contributed by atoms with Gasteiger partial charge in [0, 0.05) is 29.4 Å². The van der Waals surface area contributed by atoms with E-state index in [2.05, 4.69) is 24.1 Å². The molecule has 5 heteroatoms. The van der Waals surface area contributed by atoms with E-state index in [0.29, 0.717) is 18.2 Å². The molecule has 1 N–H and O–H groups in total. The minimum Gasteiger partial charge on any atom is -0.461 e. The molecule has 0 aliphatic carbocycles. The standard InChI is InChI=1S/C17H19N3O2/c1-11(2)20-7-6-18-16(20)10-19-17(21)13-4-5-15-14(9-13)8-12(3)22-15/h4-9,11H,10H2,1-3H3,(H,19,21). The van der Waals surface area contributed by atoms with Crippen LogP contribution < -0.4 is 5.32 Å². The number of hydrogen-bond acceptors (Lipinski definition) is 3. The van der Waals surface area contributed by atoms with E-state index in [-0.39, 0.29) is 5.91 Å². The summed E-state index contributed by atoms with van der Waals surface area (Å²) in [6.45, 7) is 6.47. The Labute approximate surface area is 129 Å². The lowest BCUT2D eigenvalue weighted by atomic mass is 10.1. The molecule has 0 radical (unpaired) electrons. The molecule has 0 spiro atoms. The largest absolute Gasteiger partial charge is 0.461 e. The van der Waals surface area contributed by atoms with Crippen LogP contribution in [0, 0.1) is 6.92 Å². The summed E-state index contributed by atoms with van der Waals surface area (Å²) in [6, 6.07) is 7.69. The van der Waals surface area contributed by atoms with Crippen LogP contribution in [0.25, 0.3) is 11.0 Å². The van der Waals surface area contributed by atoms with Crippen LogP contribution >= 0.6 is 0 Å². The number of furan rings is 1. The molecule has 1 amide bonds. The number of amides is 1.